The van der Waals surface area contributed by atoms with Crippen molar-refractivity contribution in [2.24, 2.45) is 0 Å². The van der Waals surface area contributed by atoms with E-state index in [0.717, 1.165) is 92.7 Å². The molecule has 0 aromatic heterocycles. The predicted molar refractivity (Wildman–Crippen MR) is 411 cm³/mol. The lowest BCUT2D eigenvalue weighted by Gasteiger charge is -2.22. The normalized spacial score (nSPS) is 11.9. The van der Waals surface area contributed by atoms with Crippen molar-refractivity contribution in [2.75, 3.05) is 97.7 Å². The monoisotopic (exact) mass is 1350 g/mol. The van der Waals surface area contributed by atoms with Gasteiger partial charge in [0.15, 0.2) is 0 Å². The summed E-state index contributed by atoms with van der Waals surface area (Å²) in [5, 5.41) is 28.5. The second-order valence-electron chi connectivity index (χ2n) is 25.4. The summed E-state index contributed by atoms with van der Waals surface area (Å²) in [5.41, 5.74) is 11.9. The summed E-state index contributed by atoms with van der Waals surface area (Å²) in [6.45, 7) is 16.5. The summed E-state index contributed by atoms with van der Waals surface area (Å²) < 4.78 is 23.2. The summed E-state index contributed by atoms with van der Waals surface area (Å²) in [4.78, 5) is 46.8. The number of carbonyl (C=O) groups is 3. The van der Waals surface area contributed by atoms with Crippen LogP contribution in [0.4, 0.5) is 17.1 Å². The highest BCUT2D eigenvalue weighted by molar-refractivity contribution is 6.33. The highest BCUT2D eigenvalue weighted by Gasteiger charge is 2.23. The Hall–Kier alpha value is -10.7. The van der Waals surface area contributed by atoms with Crippen molar-refractivity contribution >= 4 is 68.2 Å². The van der Waals surface area contributed by atoms with E-state index in [1.165, 1.54) is 0 Å². The van der Waals surface area contributed by atoms with E-state index in [9.17, 15) is 24.6 Å². The van der Waals surface area contributed by atoms with Gasteiger partial charge in [-0.25, -0.2) is 0 Å². The highest BCUT2D eigenvalue weighted by atomic mass is 16.5. The zero-order valence-electron chi connectivity index (χ0n) is 60.0. The van der Waals surface area contributed by atoms with E-state index in [4.69, 9.17) is 18.9 Å². The Labute approximate surface area is 592 Å². The molecule has 9 aromatic carbocycles. The van der Waals surface area contributed by atoms with Crippen molar-refractivity contribution < 1.29 is 43.5 Å². The van der Waals surface area contributed by atoms with Crippen LogP contribution in [-0.2, 0) is 14.4 Å². The van der Waals surface area contributed by atoms with Crippen molar-refractivity contribution in [2.45, 2.75) is 66.4 Å². The Kier molecular flexibility index (Phi) is 29.9. The van der Waals surface area contributed by atoms with Crippen LogP contribution in [0.25, 0.3) is 33.4 Å². The molecule has 0 spiro atoms. The standard InChI is InChI=1S/C31H38N2O3.2C27H30N2O3/c1-7-28(23-11-9-8-10-12-23)29(24-13-17-27(18-14-24)36-31(2,3)4)30(34)32-25-15-19-26(20-16-25)35-22-21-33(5)6;2*1-4-25(20-8-6-5-7-9-20)26(21-10-14-23(30)15-11-21)27(31)28-22-12-16-24(17-13-22)32-19-18-29(2)3/h8-20H,7,21-22H2,1-6H3,(H,32,34);2*5-17,30H,4,18-19H2,1-3H3,(H,28,31)/b;26-25+;26-25-. The Morgan fingerprint density at radius 2 is 0.570 bits per heavy atom. The number of hydrogen-bond donors (Lipinski definition) is 5. The second-order valence-corrected chi connectivity index (χ2v) is 25.4. The predicted octanol–water partition coefficient (Wildman–Crippen LogP) is 17.3. The average molecular weight is 1350 g/mol. The van der Waals surface area contributed by atoms with Crippen LogP contribution in [0.3, 0.4) is 0 Å². The molecule has 9 aromatic rings. The van der Waals surface area contributed by atoms with Crippen molar-refractivity contribution in [3.8, 4) is 34.5 Å². The number of likely N-dealkylation sites (N-methyl/N-ethyl adjacent to an activating group) is 3. The molecule has 0 atom stereocenters. The second kappa shape index (κ2) is 39.0. The van der Waals surface area contributed by atoms with Gasteiger partial charge in [0, 0.05) is 36.7 Å². The van der Waals surface area contributed by atoms with E-state index in [0.29, 0.717) is 72.9 Å². The molecule has 15 nitrogen and oxygen atoms in total. The van der Waals surface area contributed by atoms with Crippen molar-refractivity contribution in [1.29, 1.82) is 0 Å². The number of ether oxygens (including phenoxy) is 4. The molecule has 9 rings (SSSR count). The van der Waals surface area contributed by atoms with E-state index in [1.807, 2.05) is 265 Å². The quantitative estimate of drug-likeness (QED) is 0.0232. The first kappa shape index (κ1) is 76.7. The molecule has 0 fully saturated rings. The van der Waals surface area contributed by atoms with Crippen LogP contribution in [0.15, 0.2) is 237 Å². The van der Waals surface area contributed by atoms with E-state index >= 15 is 0 Å². The lowest BCUT2D eigenvalue weighted by atomic mass is 9.92. The Morgan fingerprint density at radius 3 is 0.800 bits per heavy atom. The third kappa shape index (κ3) is 24.7. The molecular formula is C85H98N6O9. The summed E-state index contributed by atoms with van der Waals surface area (Å²) >= 11 is 0. The number of benzene rings is 9. The van der Waals surface area contributed by atoms with Crippen LogP contribution in [0, 0.1) is 0 Å². The number of carbonyl (C=O) groups excluding carboxylic acids is 3. The van der Waals surface area contributed by atoms with E-state index in [2.05, 4.69) is 37.6 Å². The number of phenolic OH excluding ortho intramolecular Hbond substituents is 2. The smallest absolute Gasteiger partial charge is 0.256 e. The van der Waals surface area contributed by atoms with Crippen LogP contribution in [-0.4, -0.2) is 130 Å². The van der Waals surface area contributed by atoms with Crippen LogP contribution in [0.1, 0.15) is 94.2 Å². The third-order valence-electron chi connectivity index (χ3n) is 15.7. The molecule has 0 aliphatic carbocycles. The van der Waals surface area contributed by atoms with Crippen LogP contribution in [0.5, 0.6) is 34.5 Å². The van der Waals surface area contributed by atoms with Crippen molar-refractivity contribution in [3.63, 3.8) is 0 Å². The van der Waals surface area contributed by atoms with E-state index < -0.39 is 0 Å². The molecule has 0 saturated heterocycles. The van der Waals surface area contributed by atoms with E-state index in [1.54, 1.807) is 48.5 Å². The number of nitrogens with one attached hydrogen (secondary N) is 3. The third-order valence-corrected chi connectivity index (χ3v) is 15.7. The first-order chi connectivity index (χ1) is 48.1. The number of rotatable bonds is 28. The van der Waals surface area contributed by atoms with Gasteiger partial charge in [-0.05, 0) is 242 Å². The summed E-state index contributed by atoms with van der Waals surface area (Å²) in [6, 6.07) is 73.4. The zero-order chi connectivity index (χ0) is 72.0. The summed E-state index contributed by atoms with van der Waals surface area (Å²) in [5.74, 6) is 2.85. The number of aromatic hydroxyl groups is 2. The van der Waals surface area contributed by atoms with Gasteiger partial charge in [-0.2, -0.15) is 0 Å². The van der Waals surface area contributed by atoms with Crippen molar-refractivity contribution in [3.05, 3.63) is 270 Å². The highest BCUT2D eigenvalue weighted by Crippen LogP contribution is 2.36. The maximum Gasteiger partial charge on any atom is 0.256 e. The van der Waals surface area contributed by atoms with Gasteiger partial charge in [0.05, 0.1) is 16.7 Å². The fourth-order valence-electron chi connectivity index (χ4n) is 10.6. The minimum absolute atomic E-state index is 0.151. The van der Waals surface area contributed by atoms with Crippen molar-refractivity contribution in [1.82, 2.24) is 14.7 Å². The molecule has 522 valence electrons. The van der Waals surface area contributed by atoms with Gasteiger partial charge in [-0.15, -0.1) is 0 Å². The summed E-state index contributed by atoms with van der Waals surface area (Å²) in [7, 11) is 12.0. The zero-order valence-corrected chi connectivity index (χ0v) is 60.0. The van der Waals surface area contributed by atoms with Crippen LogP contribution in [0.2, 0.25) is 0 Å². The Morgan fingerprint density at radius 1 is 0.330 bits per heavy atom. The summed E-state index contributed by atoms with van der Waals surface area (Å²) in [6.07, 6.45) is 2.09. The lowest BCUT2D eigenvalue weighted by Crippen LogP contribution is -2.22. The molecule has 5 N–H and O–H groups in total. The van der Waals surface area contributed by atoms with Gasteiger partial charge in [0.1, 0.15) is 59.9 Å². The average Bonchev–Trinajstić information content (AvgIpc) is 0.822. The molecule has 0 radical (unpaired) electrons. The van der Waals surface area contributed by atoms with Gasteiger partial charge in [-0.3, -0.25) is 14.4 Å². The van der Waals surface area contributed by atoms with Gasteiger partial charge in [0.25, 0.3) is 17.7 Å². The Bertz CT molecular complexity index is 3900. The fourth-order valence-corrected chi connectivity index (χ4v) is 10.6. The lowest BCUT2D eigenvalue weighted by molar-refractivity contribution is -0.111. The van der Waals surface area contributed by atoms with Gasteiger partial charge >= 0.3 is 0 Å². The number of phenols is 2. The maximum absolute atomic E-state index is 13.7. The van der Waals surface area contributed by atoms with Gasteiger partial charge in [0.2, 0.25) is 0 Å². The molecule has 0 heterocycles. The van der Waals surface area contributed by atoms with Gasteiger partial charge in [-0.1, -0.05) is 148 Å². The number of hydrogen-bond acceptors (Lipinski definition) is 12. The van der Waals surface area contributed by atoms with E-state index in [-0.39, 0.29) is 34.8 Å². The fraction of sp³-hybridized carbons (Fsp3) is 0.259. The topological polar surface area (TPSA) is 174 Å². The Balaban J connectivity index is 0.000000211. The molecule has 100 heavy (non-hydrogen) atoms. The molecule has 0 aliphatic rings. The molecule has 0 bridgehead atoms. The number of amides is 3. The molecule has 0 unspecified atom stereocenters. The SMILES string of the molecule is CC/C(=C(/C(=O)Nc1ccc(OCCN(C)C)cc1)c1ccc(O)cc1)c1ccccc1.CC/C(=C(\C(=O)Nc1ccc(OCCN(C)C)cc1)c1ccc(O)cc1)c1ccccc1.CCC(=C(C(=O)Nc1ccc(OCCN(C)C)cc1)c1ccc(OC(C)(C)C)cc1)c1ccccc1. The minimum Gasteiger partial charge on any atom is -0.508 e. The maximum atomic E-state index is 13.7. The van der Waals surface area contributed by atoms with Crippen LogP contribution >= 0.6 is 0 Å². The molecule has 3 amide bonds. The number of nitrogens with zero attached hydrogens (tertiary/aromatic N) is 3. The van der Waals surface area contributed by atoms with Gasteiger partial charge < -0.3 is 59.8 Å². The largest absolute Gasteiger partial charge is 0.508 e. The van der Waals surface area contributed by atoms with Crippen LogP contribution < -0.4 is 34.9 Å². The number of allylic oxidation sites excluding steroid dienone is 3. The molecular weight excluding hydrogens is 1250 g/mol. The molecule has 0 saturated carbocycles. The minimum atomic E-state index is -0.293. The molecule has 0 aliphatic heterocycles. The first-order valence-corrected chi connectivity index (χ1v) is 33.9. The first-order valence-electron chi connectivity index (χ1n) is 33.9. The number of anilines is 3. The molecule has 15 heteroatoms.